The zero-order valence-corrected chi connectivity index (χ0v) is 9.93. The van der Waals surface area contributed by atoms with Gasteiger partial charge < -0.3 is 4.98 Å². The Hall–Kier alpha value is -2.22. The normalized spacial score (nSPS) is 10.4. The fourth-order valence-corrected chi connectivity index (χ4v) is 2.02. The van der Waals surface area contributed by atoms with Gasteiger partial charge in [-0.25, -0.2) is 0 Å². The molecule has 18 heavy (non-hydrogen) atoms. The average molecular weight is 229 g/mol. The van der Waals surface area contributed by atoms with E-state index in [4.69, 9.17) is 7.85 Å². The largest absolute Gasteiger partial charge is 0.361 e. The summed E-state index contributed by atoms with van der Waals surface area (Å²) in [4.78, 5) is 3.30. The second kappa shape index (κ2) is 4.57. The Morgan fingerprint density at radius 3 is 2.17 bits per heavy atom. The van der Waals surface area contributed by atoms with Crippen LogP contribution in [-0.2, 0) is 0 Å². The molecule has 2 aromatic carbocycles. The van der Waals surface area contributed by atoms with Gasteiger partial charge >= 0.3 is 0 Å². The smallest absolute Gasteiger partial charge is 0.113 e. The van der Waals surface area contributed by atoms with Crippen LogP contribution in [-0.4, -0.2) is 12.8 Å². The van der Waals surface area contributed by atoms with Crippen LogP contribution in [0.25, 0.3) is 22.4 Å². The minimum absolute atomic E-state index is 0.786. The van der Waals surface area contributed by atoms with Gasteiger partial charge in [-0.1, -0.05) is 60.1 Å². The maximum Gasteiger partial charge on any atom is 0.113 e. The van der Waals surface area contributed by atoms with Crippen LogP contribution in [0.3, 0.4) is 0 Å². The summed E-state index contributed by atoms with van der Waals surface area (Å²) in [5.74, 6) is 0. The molecular weight excluding hydrogens is 217 g/mol. The maximum atomic E-state index is 5.69. The average Bonchev–Trinajstić information content (AvgIpc) is 2.90. The Bertz CT molecular complexity index is 638. The molecule has 1 N–H and O–H groups in total. The van der Waals surface area contributed by atoms with Crippen LogP contribution in [0.4, 0.5) is 0 Å². The number of hydrogen-bond donors (Lipinski definition) is 1. The fourth-order valence-electron chi connectivity index (χ4n) is 2.02. The minimum Gasteiger partial charge on any atom is -0.361 e. The van der Waals surface area contributed by atoms with Crippen molar-refractivity contribution in [1.82, 2.24) is 4.98 Å². The van der Waals surface area contributed by atoms with Gasteiger partial charge in [-0.05, 0) is 22.8 Å². The Morgan fingerprint density at radius 1 is 0.722 bits per heavy atom. The molecule has 0 spiro atoms. The van der Waals surface area contributed by atoms with Crippen molar-refractivity contribution in [3.05, 3.63) is 66.9 Å². The van der Waals surface area contributed by atoms with Crippen LogP contribution >= 0.6 is 0 Å². The lowest BCUT2D eigenvalue weighted by Gasteiger charge is -1.98. The van der Waals surface area contributed by atoms with Crippen LogP contribution in [0, 0.1) is 0 Å². The second-order valence-corrected chi connectivity index (χ2v) is 4.29. The highest BCUT2D eigenvalue weighted by Crippen LogP contribution is 2.25. The van der Waals surface area contributed by atoms with Gasteiger partial charge in [0.25, 0.3) is 0 Å². The van der Waals surface area contributed by atoms with Crippen molar-refractivity contribution >= 4 is 13.3 Å². The number of hydrogen-bond acceptors (Lipinski definition) is 0. The molecule has 3 rings (SSSR count). The first-order valence-electron chi connectivity index (χ1n) is 5.93. The van der Waals surface area contributed by atoms with E-state index in [1.54, 1.807) is 0 Å². The number of rotatable bonds is 2. The Balaban J connectivity index is 1.97. The van der Waals surface area contributed by atoms with E-state index < -0.39 is 0 Å². The summed E-state index contributed by atoms with van der Waals surface area (Å²) in [6.45, 7) is 0. The molecule has 3 aromatic rings. The van der Waals surface area contributed by atoms with Gasteiger partial charge in [0.15, 0.2) is 0 Å². The lowest BCUT2D eigenvalue weighted by Crippen LogP contribution is -1.99. The molecule has 0 unspecified atom stereocenters. The highest BCUT2D eigenvalue weighted by Gasteiger charge is 2.03. The van der Waals surface area contributed by atoms with E-state index in [-0.39, 0.29) is 0 Å². The van der Waals surface area contributed by atoms with Crippen molar-refractivity contribution < 1.29 is 0 Å². The van der Waals surface area contributed by atoms with Crippen molar-refractivity contribution in [3.8, 4) is 22.4 Å². The Kier molecular flexibility index (Phi) is 2.77. The molecule has 1 aromatic heterocycles. The highest BCUT2D eigenvalue weighted by atomic mass is 14.7. The molecule has 1 nitrogen and oxygen atoms in total. The first kappa shape index (κ1) is 10.9. The van der Waals surface area contributed by atoms with Crippen molar-refractivity contribution in [3.63, 3.8) is 0 Å². The van der Waals surface area contributed by atoms with E-state index in [1.807, 2.05) is 48.7 Å². The van der Waals surface area contributed by atoms with E-state index in [0.717, 1.165) is 16.7 Å². The standard InChI is InChI=1S/C16H12BN/c17-15-8-6-13(7-9-15)16-10-14(11-18-16)12-4-2-1-3-5-12/h1-11,18H. The van der Waals surface area contributed by atoms with Crippen LogP contribution in [0.15, 0.2) is 66.9 Å². The van der Waals surface area contributed by atoms with Crippen molar-refractivity contribution in [2.45, 2.75) is 0 Å². The molecule has 1 heterocycles. The quantitative estimate of drug-likeness (QED) is 0.649. The molecule has 0 fully saturated rings. The van der Waals surface area contributed by atoms with Crippen LogP contribution in [0.2, 0.25) is 0 Å². The van der Waals surface area contributed by atoms with Gasteiger partial charge in [-0.15, -0.1) is 0 Å². The number of H-pyrrole nitrogens is 1. The van der Waals surface area contributed by atoms with Gasteiger partial charge in [0, 0.05) is 11.9 Å². The van der Waals surface area contributed by atoms with Crippen LogP contribution in [0.1, 0.15) is 0 Å². The first-order chi connectivity index (χ1) is 8.83. The van der Waals surface area contributed by atoms with Gasteiger partial charge in [-0.3, -0.25) is 0 Å². The lowest BCUT2D eigenvalue weighted by molar-refractivity contribution is 1.40. The van der Waals surface area contributed by atoms with Crippen LogP contribution < -0.4 is 5.46 Å². The first-order valence-corrected chi connectivity index (χ1v) is 5.93. The van der Waals surface area contributed by atoms with Gasteiger partial charge in [0.2, 0.25) is 0 Å². The molecule has 2 heteroatoms. The van der Waals surface area contributed by atoms with Crippen LogP contribution in [0.5, 0.6) is 0 Å². The molecule has 0 aliphatic heterocycles. The third kappa shape index (κ3) is 2.10. The monoisotopic (exact) mass is 229 g/mol. The molecule has 0 aliphatic carbocycles. The van der Waals surface area contributed by atoms with E-state index in [2.05, 4.69) is 23.2 Å². The summed E-state index contributed by atoms with van der Waals surface area (Å²) in [5.41, 5.74) is 5.45. The number of nitrogens with one attached hydrogen (secondary N) is 1. The summed E-state index contributed by atoms with van der Waals surface area (Å²) in [6, 6.07) is 20.4. The molecular formula is C16H12BN. The summed E-state index contributed by atoms with van der Waals surface area (Å²) < 4.78 is 0. The molecule has 0 saturated heterocycles. The SMILES string of the molecule is [B]c1ccc(-c2cc(-c3ccccc3)c[nH]2)cc1. The summed E-state index contributed by atoms with van der Waals surface area (Å²) in [7, 11) is 5.69. The molecule has 0 atom stereocenters. The summed E-state index contributed by atoms with van der Waals surface area (Å²) in [6.07, 6.45) is 2.03. The highest BCUT2D eigenvalue weighted by molar-refractivity contribution is 6.32. The summed E-state index contributed by atoms with van der Waals surface area (Å²) in [5, 5.41) is 0. The van der Waals surface area contributed by atoms with E-state index >= 15 is 0 Å². The maximum absolute atomic E-state index is 5.69. The summed E-state index contributed by atoms with van der Waals surface area (Å²) >= 11 is 0. The van der Waals surface area contributed by atoms with Gasteiger partial charge in [-0.2, -0.15) is 0 Å². The number of benzene rings is 2. The van der Waals surface area contributed by atoms with Crippen molar-refractivity contribution in [2.24, 2.45) is 0 Å². The molecule has 0 bridgehead atoms. The zero-order chi connectivity index (χ0) is 12.4. The number of aromatic amines is 1. The molecule has 0 saturated carbocycles. The second-order valence-electron chi connectivity index (χ2n) is 4.29. The fraction of sp³-hybridized carbons (Fsp3) is 0. The van der Waals surface area contributed by atoms with Gasteiger partial charge in [0.05, 0.1) is 0 Å². The molecule has 84 valence electrons. The zero-order valence-electron chi connectivity index (χ0n) is 9.93. The Morgan fingerprint density at radius 2 is 1.44 bits per heavy atom. The molecule has 0 amide bonds. The predicted molar refractivity (Wildman–Crippen MR) is 77.1 cm³/mol. The lowest BCUT2D eigenvalue weighted by atomic mass is 9.95. The minimum atomic E-state index is 0.786. The van der Waals surface area contributed by atoms with Gasteiger partial charge in [0.1, 0.15) is 7.85 Å². The molecule has 0 aliphatic rings. The third-order valence-electron chi connectivity index (χ3n) is 3.01. The predicted octanol–water partition coefficient (Wildman–Crippen LogP) is 3.14. The van der Waals surface area contributed by atoms with E-state index in [9.17, 15) is 0 Å². The van der Waals surface area contributed by atoms with E-state index in [0.29, 0.717) is 0 Å². The topological polar surface area (TPSA) is 15.8 Å². The third-order valence-corrected chi connectivity index (χ3v) is 3.01. The van der Waals surface area contributed by atoms with E-state index in [1.165, 1.54) is 11.1 Å². The molecule has 2 radical (unpaired) electrons. The van der Waals surface area contributed by atoms with Crippen molar-refractivity contribution in [1.29, 1.82) is 0 Å². The Labute approximate surface area is 108 Å². The number of aromatic nitrogens is 1. The van der Waals surface area contributed by atoms with Crippen molar-refractivity contribution in [2.75, 3.05) is 0 Å².